The number of nitrogens with zero attached hydrogens (tertiary/aromatic N) is 3. The summed E-state index contributed by atoms with van der Waals surface area (Å²) in [5.41, 5.74) is 1.50. The molecule has 8 nitrogen and oxygen atoms in total. The Balaban J connectivity index is 1.46. The van der Waals surface area contributed by atoms with Crippen LogP contribution in [-0.2, 0) is 14.6 Å². The molecule has 1 N–H and O–H groups in total. The Morgan fingerprint density at radius 3 is 2.62 bits per heavy atom. The highest BCUT2D eigenvalue weighted by molar-refractivity contribution is 7.91. The van der Waals surface area contributed by atoms with Crippen molar-refractivity contribution in [3.8, 4) is 11.5 Å². The lowest BCUT2D eigenvalue weighted by Crippen LogP contribution is -2.31. The second-order valence-electron chi connectivity index (χ2n) is 7.96. The Kier molecular flexibility index (Phi) is 6.18. The van der Waals surface area contributed by atoms with Gasteiger partial charge in [-0.3, -0.25) is 4.79 Å². The monoisotopic (exact) mass is 454 g/mol. The van der Waals surface area contributed by atoms with Crippen LogP contribution in [0.5, 0.6) is 11.5 Å². The smallest absolute Gasteiger partial charge is 0.245 e. The lowest BCUT2D eigenvalue weighted by molar-refractivity contribution is -0.115. The van der Waals surface area contributed by atoms with E-state index in [1.807, 2.05) is 68.6 Å². The molecule has 0 saturated carbocycles. The van der Waals surface area contributed by atoms with Crippen molar-refractivity contribution in [3.63, 3.8) is 0 Å². The Morgan fingerprint density at radius 1 is 1.19 bits per heavy atom. The molecule has 0 aliphatic carbocycles. The molecule has 0 spiro atoms. The number of anilines is 2. The minimum Gasteiger partial charge on any atom is -0.455 e. The zero-order chi connectivity index (χ0) is 22.7. The molecule has 4 rings (SSSR count). The SMILES string of the molecule is Cc1cc(NC(=O)CN(C)c2ccccc2Oc2ccccc2)n(C2CCS(=O)(=O)C2)n1. The first kappa shape index (κ1) is 21.9. The third-order valence-electron chi connectivity index (χ3n) is 5.31. The Morgan fingerprint density at radius 2 is 1.91 bits per heavy atom. The van der Waals surface area contributed by atoms with E-state index in [1.165, 1.54) is 0 Å². The van der Waals surface area contributed by atoms with E-state index in [0.717, 1.165) is 11.4 Å². The Hall–Kier alpha value is -3.33. The van der Waals surface area contributed by atoms with Gasteiger partial charge in [0.05, 0.1) is 35.5 Å². The van der Waals surface area contributed by atoms with Crippen molar-refractivity contribution in [1.82, 2.24) is 9.78 Å². The third kappa shape index (κ3) is 5.11. The lowest BCUT2D eigenvalue weighted by atomic mass is 10.2. The van der Waals surface area contributed by atoms with E-state index < -0.39 is 9.84 Å². The van der Waals surface area contributed by atoms with Gasteiger partial charge in [-0.2, -0.15) is 5.10 Å². The van der Waals surface area contributed by atoms with Crippen LogP contribution in [0.4, 0.5) is 11.5 Å². The molecule has 3 aromatic rings. The van der Waals surface area contributed by atoms with Gasteiger partial charge in [-0.1, -0.05) is 30.3 Å². The number of carbonyl (C=O) groups is 1. The van der Waals surface area contributed by atoms with Crippen LogP contribution in [0.3, 0.4) is 0 Å². The molecule has 1 aromatic heterocycles. The standard InChI is InChI=1S/C23H26N4O4S/c1-17-14-22(27(25-17)18-12-13-32(29,30)16-18)24-23(28)15-26(2)20-10-6-7-11-21(20)31-19-8-4-3-5-9-19/h3-11,14,18H,12-13,15-16H2,1-2H3,(H,24,28). The topological polar surface area (TPSA) is 93.5 Å². The van der Waals surface area contributed by atoms with Crippen LogP contribution in [0.2, 0.25) is 0 Å². The van der Waals surface area contributed by atoms with Crippen LogP contribution in [0.15, 0.2) is 60.7 Å². The normalized spacial score (nSPS) is 17.1. The summed E-state index contributed by atoms with van der Waals surface area (Å²) < 4.78 is 31.4. The first-order valence-electron chi connectivity index (χ1n) is 10.4. The maximum absolute atomic E-state index is 12.8. The van der Waals surface area contributed by atoms with Crippen molar-refractivity contribution in [2.24, 2.45) is 0 Å². The summed E-state index contributed by atoms with van der Waals surface area (Å²) in [7, 11) is -1.24. The molecule has 0 bridgehead atoms. The van der Waals surface area contributed by atoms with E-state index in [9.17, 15) is 13.2 Å². The molecule has 9 heteroatoms. The zero-order valence-electron chi connectivity index (χ0n) is 18.1. The molecule has 1 aliphatic heterocycles. The van der Waals surface area contributed by atoms with Gasteiger partial charge >= 0.3 is 0 Å². The van der Waals surface area contributed by atoms with E-state index in [0.29, 0.717) is 23.7 Å². The van der Waals surface area contributed by atoms with Gasteiger partial charge in [0.25, 0.3) is 0 Å². The summed E-state index contributed by atoms with van der Waals surface area (Å²) >= 11 is 0. The van der Waals surface area contributed by atoms with Crippen LogP contribution in [0.1, 0.15) is 18.2 Å². The maximum atomic E-state index is 12.8. The maximum Gasteiger partial charge on any atom is 0.245 e. The fraction of sp³-hybridized carbons (Fsp3) is 0.304. The van der Waals surface area contributed by atoms with Gasteiger partial charge in [0.15, 0.2) is 15.6 Å². The van der Waals surface area contributed by atoms with Gasteiger partial charge < -0.3 is 15.0 Å². The van der Waals surface area contributed by atoms with E-state index in [4.69, 9.17) is 4.74 Å². The summed E-state index contributed by atoms with van der Waals surface area (Å²) in [5.74, 6) is 1.82. The quantitative estimate of drug-likeness (QED) is 0.588. The van der Waals surface area contributed by atoms with Crippen molar-refractivity contribution in [1.29, 1.82) is 0 Å². The van der Waals surface area contributed by atoms with Gasteiger partial charge in [0.1, 0.15) is 11.6 Å². The Labute approximate surface area is 187 Å². The number of aryl methyl sites for hydroxylation is 1. The number of nitrogens with one attached hydrogen (secondary N) is 1. The van der Waals surface area contributed by atoms with Gasteiger partial charge in [-0.05, 0) is 37.6 Å². The number of hydrogen-bond donors (Lipinski definition) is 1. The second-order valence-corrected chi connectivity index (χ2v) is 10.2. The highest BCUT2D eigenvalue weighted by Gasteiger charge is 2.31. The van der Waals surface area contributed by atoms with Gasteiger partial charge in [-0.15, -0.1) is 0 Å². The lowest BCUT2D eigenvalue weighted by Gasteiger charge is -2.22. The van der Waals surface area contributed by atoms with E-state index in [-0.39, 0.29) is 30.0 Å². The highest BCUT2D eigenvalue weighted by Crippen LogP contribution is 2.31. The number of benzene rings is 2. The predicted molar refractivity (Wildman–Crippen MR) is 124 cm³/mol. The van der Waals surface area contributed by atoms with Crippen molar-refractivity contribution in [3.05, 3.63) is 66.4 Å². The molecule has 1 fully saturated rings. The van der Waals surface area contributed by atoms with Crippen molar-refractivity contribution in [2.75, 3.05) is 35.3 Å². The van der Waals surface area contributed by atoms with E-state index in [2.05, 4.69) is 10.4 Å². The first-order valence-corrected chi connectivity index (χ1v) is 12.2. The Bertz CT molecular complexity index is 1210. The minimum absolute atomic E-state index is 0.0428. The molecule has 1 unspecified atom stereocenters. The third-order valence-corrected chi connectivity index (χ3v) is 7.06. The zero-order valence-corrected chi connectivity index (χ0v) is 18.9. The van der Waals surface area contributed by atoms with Crippen molar-refractivity contribution >= 4 is 27.2 Å². The number of para-hydroxylation sites is 3. The van der Waals surface area contributed by atoms with Crippen molar-refractivity contribution < 1.29 is 17.9 Å². The second kappa shape index (κ2) is 9.04. The summed E-state index contributed by atoms with van der Waals surface area (Å²) in [4.78, 5) is 14.6. The molecule has 1 aliphatic rings. The molecule has 1 atom stereocenters. The molecule has 1 amide bonds. The minimum atomic E-state index is -3.06. The number of amides is 1. The molecule has 2 aromatic carbocycles. The fourth-order valence-corrected chi connectivity index (χ4v) is 5.51. The summed E-state index contributed by atoms with van der Waals surface area (Å²) in [6.45, 7) is 1.90. The molecular formula is C23H26N4O4S. The largest absolute Gasteiger partial charge is 0.455 e. The molecule has 2 heterocycles. The van der Waals surface area contributed by atoms with E-state index in [1.54, 1.807) is 15.6 Å². The number of likely N-dealkylation sites (N-methyl/N-ethyl adjacent to an activating group) is 1. The van der Waals surface area contributed by atoms with Crippen molar-refractivity contribution in [2.45, 2.75) is 19.4 Å². The molecule has 168 valence electrons. The van der Waals surface area contributed by atoms with Crippen LogP contribution < -0.4 is 15.0 Å². The number of rotatable bonds is 7. The molecule has 0 radical (unpaired) electrons. The van der Waals surface area contributed by atoms with Crippen LogP contribution in [0.25, 0.3) is 0 Å². The number of aromatic nitrogens is 2. The number of hydrogen-bond acceptors (Lipinski definition) is 6. The number of sulfone groups is 1. The summed E-state index contributed by atoms with van der Waals surface area (Å²) in [6.07, 6.45) is 0.496. The average Bonchev–Trinajstić information content (AvgIpc) is 3.30. The van der Waals surface area contributed by atoms with Crippen LogP contribution >= 0.6 is 0 Å². The molecular weight excluding hydrogens is 428 g/mol. The molecule has 32 heavy (non-hydrogen) atoms. The van der Waals surface area contributed by atoms with Gasteiger partial charge in [0.2, 0.25) is 5.91 Å². The average molecular weight is 455 g/mol. The van der Waals surface area contributed by atoms with E-state index >= 15 is 0 Å². The number of carbonyl (C=O) groups excluding carboxylic acids is 1. The number of ether oxygens (including phenoxy) is 1. The molecule has 1 saturated heterocycles. The summed E-state index contributed by atoms with van der Waals surface area (Å²) in [6, 6.07) is 18.5. The van der Waals surface area contributed by atoms with Crippen LogP contribution in [-0.4, -0.2) is 49.2 Å². The van der Waals surface area contributed by atoms with Crippen LogP contribution in [0, 0.1) is 6.92 Å². The first-order chi connectivity index (χ1) is 15.3. The fourth-order valence-electron chi connectivity index (χ4n) is 3.81. The van der Waals surface area contributed by atoms with Gasteiger partial charge in [-0.25, -0.2) is 13.1 Å². The predicted octanol–water partition coefficient (Wildman–Crippen LogP) is 3.42. The van der Waals surface area contributed by atoms with Gasteiger partial charge in [0, 0.05) is 13.1 Å². The highest BCUT2D eigenvalue weighted by atomic mass is 32.2. The summed E-state index contributed by atoms with van der Waals surface area (Å²) in [5, 5.41) is 7.30.